The van der Waals surface area contributed by atoms with E-state index in [0.29, 0.717) is 43.4 Å². The van der Waals surface area contributed by atoms with Crippen LogP contribution in [-0.2, 0) is 65.6 Å². The third-order valence-electron chi connectivity index (χ3n) is 17.0. The summed E-state index contributed by atoms with van der Waals surface area (Å²) in [4.78, 5) is 169. The Balaban J connectivity index is 1.09. The van der Waals surface area contributed by atoms with E-state index >= 15 is 0 Å². The molecule has 0 radical (unpaired) electrons. The fourth-order valence-electron chi connectivity index (χ4n) is 11.6. The number of hydrogen-bond acceptors (Lipinski definition) is 19. The number of aromatic hydroxyl groups is 1. The van der Waals surface area contributed by atoms with Crippen molar-refractivity contribution < 1.29 is 78.0 Å². The van der Waals surface area contributed by atoms with Crippen LogP contribution >= 0.6 is 0 Å². The van der Waals surface area contributed by atoms with Gasteiger partial charge in [0, 0.05) is 96.5 Å². The van der Waals surface area contributed by atoms with Gasteiger partial charge in [-0.2, -0.15) is 0 Å². The highest BCUT2D eigenvalue weighted by Gasteiger charge is 2.36. The number of fused-ring (bicyclic) bond motifs is 1. The van der Waals surface area contributed by atoms with E-state index in [-0.39, 0.29) is 153 Å². The van der Waals surface area contributed by atoms with Gasteiger partial charge < -0.3 is 79.3 Å². The van der Waals surface area contributed by atoms with Crippen LogP contribution in [0, 0.1) is 5.41 Å². The number of carboxylic acids is 3. The Morgan fingerprint density at radius 2 is 1.17 bits per heavy atom. The first kappa shape index (κ1) is 78.8. The van der Waals surface area contributed by atoms with E-state index < -0.39 is 114 Å². The molecule has 0 aromatic heterocycles. The molecular weight excluding hydrogens is 1300 g/mol. The van der Waals surface area contributed by atoms with Gasteiger partial charge in [0.05, 0.1) is 45.1 Å². The van der Waals surface area contributed by atoms with E-state index in [2.05, 4.69) is 42.5 Å². The number of hydrogen-bond donors (Lipinski definition) is 15. The normalized spacial score (nSPS) is 18.8. The molecule has 100 heavy (non-hydrogen) atoms. The van der Waals surface area contributed by atoms with Crippen molar-refractivity contribution in [1.29, 1.82) is 5.41 Å². The van der Waals surface area contributed by atoms with Crippen LogP contribution in [0.2, 0.25) is 0 Å². The van der Waals surface area contributed by atoms with Gasteiger partial charge in [0.25, 0.3) is 5.91 Å². The van der Waals surface area contributed by atoms with Crippen LogP contribution in [0.1, 0.15) is 79.3 Å². The molecule has 2 aliphatic heterocycles. The lowest BCUT2D eigenvalue weighted by Gasteiger charge is -2.33. The number of nitrogens with two attached hydrogens (primary N) is 2. The molecule has 0 saturated carbocycles. The number of amidine groups is 1. The Kier molecular flexibility index (Phi) is 32.1. The van der Waals surface area contributed by atoms with Crippen LogP contribution in [-0.4, -0.2) is 264 Å². The lowest BCUT2D eigenvalue weighted by molar-refractivity contribution is -0.142. The molecule has 2 aliphatic rings. The number of phenolic OH excluding ortho intramolecular Hbond substituents is 1. The minimum atomic E-state index is -1.31. The predicted molar refractivity (Wildman–Crippen MR) is 368 cm³/mol. The average Bonchev–Trinajstić information content (AvgIpc) is 1.11. The number of likely N-dealkylation sites (N-methyl/N-ethyl adjacent to an activating group) is 1. The number of benzene rings is 4. The second-order valence-corrected chi connectivity index (χ2v) is 24.9. The fraction of sp³-hybridized carbons (Fsp3) is 0.485. The van der Waals surface area contributed by atoms with Gasteiger partial charge in [-0.05, 0) is 110 Å². The number of nitrogens with zero attached hydrogens (tertiary/aromatic N) is 5. The monoisotopic (exact) mass is 1390 g/mol. The van der Waals surface area contributed by atoms with Gasteiger partial charge in [0.2, 0.25) is 47.3 Å². The molecule has 32 heteroatoms. The summed E-state index contributed by atoms with van der Waals surface area (Å²) >= 11 is 0. The number of anilines is 1. The Hall–Kier alpha value is -10.1. The maximum atomic E-state index is 14.7. The molecule has 2 fully saturated rings. The van der Waals surface area contributed by atoms with Crippen LogP contribution in [0.4, 0.5) is 5.69 Å². The molecule has 9 amide bonds. The summed E-state index contributed by atoms with van der Waals surface area (Å²) in [5.41, 5.74) is 13.0. The van der Waals surface area contributed by atoms with E-state index in [4.69, 9.17) is 16.9 Å². The molecule has 542 valence electrons. The van der Waals surface area contributed by atoms with E-state index in [1.165, 1.54) is 43.4 Å². The Morgan fingerprint density at radius 1 is 0.600 bits per heavy atom. The Morgan fingerprint density at radius 3 is 1.76 bits per heavy atom. The second-order valence-electron chi connectivity index (χ2n) is 24.9. The van der Waals surface area contributed by atoms with Crippen molar-refractivity contribution in [2.45, 2.75) is 101 Å². The molecule has 2 saturated heterocycles. The SMILES string of the molecule is CN1C(=O)[C@@H](Cc2ccc(O)cc2)NC(=O)CNC(=O)[C@H](Cc2ccc3ccccc3c2)NC(=O)[C@H](CCCCC(=N)N)NC(=O)C1CCCNC(=O)c1ccc(NC(=O)CNC(=O)[C@H](CCCCN)NC(=O)CN2CCN(CC(=O)O)CCN(CC(=O)O)CCN(CC(=O)O)CC2)cc1. The summed E-state index contributed by atoms with van der Waals surface area (Å²) in [6.07, 6.45) is 1.99. The molecule has 5 atom stereocenters. The fourth-order valence-corrected chi connectivity index (χ4v) is 11.6. The number of carbonyl (C=O) groups is 12. The first-order valence-electron chi connectivity index (χ1n) is 33.4. The van der Waals surface area contributed by atoms with Crippen LogP contribution in [0.15, 0.2) is 91.0 Å². The maximum absolute atomic E-state index is 14.7. The van der Waals surface area contributed by atoms with Gasteiger partial charge in [-0.25, -0.2) is 0 Å². The summed E-state index contributed by atoms with van der Waals surface area (Å²) in [6.45, 7) is -0.751. The van der Waals surface area contributed by atoms with Gasteiger partial charge in [-0.1, -0.05) is 61.0 Å². The van der Waals surface area contributed by atoms with Crippen molar-refractivity contribution >= 4 is 93.4 Å². The van der Waals surface area contributed by atoms with E-state index in [1.807, 2.05) is 42.5 Å². The number of aliphatic carboxylic acids is 3. The smallest absolute Gasteiger partial charge is 0.317 e. The number of unbranched alkanes of at least 4 members (excludes halogenated alkanes) is 2. The van der Waals surface area contributed by atoms with Gasteiger partial charge >= 0.3 is 17.9 Å². The summed E-state index contributed by atoms with van der Waals surface area (Å²) in [7, 11) is 1.37. The lowest BCUT2D eigenvalue weighted by atomic mass is 10.00. The van der Waals surface area contributed by atoms with Crippen LogP contribution < -0.4 is 54.0 Å². The number of amides is 9. The molecule has 1 unspecified atom stereocenters. The van der Waals surface area contributed by atoms with Crippen molar-refractivity contribution in [3.8, 4) is 5.75 Å². The van der Waals surface area contributed by atoms with Gasteiger partial charge in [0.1, 0.15) is 36.0 Å². The quantitative estimate of drug-likeness (QED) is 0.0156. The summed E-state index contributed by atoms with van der Waals surface area (Å²) in [6, 6.07) is 18.7. The van der Waals surface area contributed by atoms with Crippen molar-refractivity contribution in [2.24, 2.45) is 11.5 Å². The Labute approximate surface area is 579 Å². The molecule has 17 N–H and O–H groups in total. The highest BCUT2D eigenvalue weighted by atomic mass is 16.4. The minimum absolute atomic E-state index is 0.00444. The van der Waals surface area contributed by atoms with E-state index in [9.17, 15) is 78.0 Å². The minimum Gasteiger partial charge on any atom is -0.508 e. The van der Waals surface area contributed by atoms with Crippen LogP contribution in [0.5, 0.6) is 5.75 Å². The molecule has 4 aromatic carbocycles. The van der Waals surface area contributed by atoms with Crippen LogP contribution in [0.3, 0.4) is 0 Å². The zero-order chi connectivity index (χ0) is 72.7. The van der Waals surface area contributed by atoms with Crippen molar-refractivity contribution in [3.05, 3.63) is 108 Å². The number of nitrogens with one attached hydrogen (secondary N) is 9. The molecule has 0 spiro atoms. The topological polar surface area (TPSA) is 474 Å². The number of phenols is 1. The highest BCUT2D eigenvalue weighted by molar-refractivity contribution is 5.99. The molecule has 32 nitrogen and oxygen atoms in total. The third-order valence-corrected chi connectivity index (χ3v) is 17.0. The summed E-state index contributed by atoms with van der Waals surface area (Å²) in [5.74, 6) is -9.51. The molecule has 4 aromatic rings. The highest BCUT2D eigenvalue weighted by Crippen LogP contribution is 2.20. The third kappa shape index (κ3) is 27.6. The van der Waals surface area contributed by atoms with E-state index in [0.717, 1.165) is 15.7 Å². The van der Waals surface area contributed by atoms with Crippen molar-refractivity contribution in [3.63, 3.8) is 0 Å². The van der Waals surface area contributed by atoms with E-state index in [1.54, 1.807) is 31.7 Å². The second kappa shape index (κ2) is 40.7. The molecule has 6 rings (SSSR count). The van der Waals surface area contributed by atoms with Crippen LogP contribution in [0.25, 0.3) is 10.8 Å². The van der Waals surface area contributed by atoms with Gasteiger partial charge in [-0.3, -0.25) is 82.5 Å². The molecule has 0 bridgehead atoms. The predicted octanol–water partition coefficient (Wildman–Crippen LogP) is -1.41. The standard InChI is InChI=1S/C68H94N16O16/c1-80-55(67(99)78-52(11-4-5-14-56(70)71)66(98)79-53(37-45-15-18-46-9-2-3-10-48(46)35-45)65(97)74-39-58(87)77-54(68(80)100)36-44-16-23-50(85)24-17-44)13-8-26-72-63(95)47-19-21-49(22-20-47)75-57(86)38-73-64(96)51(12-6-7-25-69)76-59(88)40-81-27-29-82(41-60(89)90)31-33-84(43-62(93)94)34-32-83(30-28-81)42-61(91)92/h2-3,9-10,15-24,35,51-55,85H,4-8,11-14,25-34,36-43,69H2,1H3,(H3,70,71)(H,72,95)(H,73,96)(H,74,97)(H,75,86)(H,76,88)(H,77,87)(H,78,99)(H,79,98)(H,89,90)(H,91,92)(H,93,94)/t51-,52-,53-,54+,55?/m0/s1. The number of carboxylic acid groups (broad SMARTS) is 3. The largest absolute Gasteiger partial charge is 0.508 e. The first-order chi connectivity index (χ1) is 47.8. The first-order valence-corrected chi connectivity index (χ1v) is 33.4. The summed E-state index contributed by atoms with van der Waals surface area (Å²) in [5, 5.41) is 70.0. The van der Waals surface area contributed by atoms with Gasteiger partial charge in [-0.15, -0.1) is 0 Å². The average molecular weight is 1390 g/mol. The Bertz CT molecular complexity index is 3460. The maximum Gasteiger partial charge on any atom is 0.317 e. The van der Waals surface area contributed by atoms with Gasteiger partial charge in [0.15, 0.2) is 0 Å². The number of carbonyl (C=O) groups excluding carboxylic acids is 9. The van der Waals surface area contributed by atoms with Crippen molar-refractivity contribution in [1.82, 2.24) is 61.7 Å². The number of rotatable bonds is 31. The molecular formula is C68H94N16O16. The van der Waals surface area contributed by atoms with Crippen molar-refractivity contribution in [2.75, 3.05) is 117 Å². The molecule has 2 heterocycles. The summed E-state index contributed by atoms with van der Waals surface area (Å²) < 4.78 is 0. The zero-order valence-corrected chi connectivity index (χ0v) is 56.2. The molecule has 0 aliphatic carbocycles. The zero-order valence-electron chi connectivity index (χ0n) is 56.2. The lowest BCUT2D eigenvalue weighted by Crippen LogP contribution is -2.58.